The average Bonchev–Trinajstić information content (AvgIpc) is 2.37. The molecule has 4 heteroatoms. The highest BCUT2D eigenvalue weighted by Crippen LogP contribution is 2.14. The summed E-state index contributed by atoms with van der Waals surface area (Å²) in [7, 11) is 0. The first kappa shape index (κ1) is 14.7. The maximum Gasteiger partial charge on any atom is 0.0985 e. The molecule has 0 spiro atoms. The van der Waals surface area contributed by atoms with Crippen LogP contribution in [0.25, 0.3) is 0 Å². The Kier molecular flexibility index (Phi) is 6.39. The predicted octanol–water partition coefficient (Wildman–Crippen LogP) is 2.02. The van der Waals surface area contributed by atoms with Crippen molar-refractivity contribution in [2.75, 3.05) is 13.2 Å². The first-order valence-electron chi connectivity index (χ1n) is 6.24. The van der Waals surface area contributed by atoms with Gasteiger partial charge in [0.2, 0.25) is 0 Å². The van der Waals surface area contributed by atoms with Gasteiger partial charge in [0.05, 0.1) is 25.1 Å². The van der Waals surface area contributed by atoms with E-state index in [2.05, 4.69) is 11.9 Å². The van der Waals surface area contributed by atoms with E-state index in [4.69, 9.17) is 10.5 Å². The van der Waals surface area contributed by atoms with Crippen LogP contribution in [0, 0.1) is 0 Å². The molecule has 1 aromatic carbocycles. The van der Waals surface area contributed by atoms with Gasteiger partial charge in [0.1, 0.15) is 0 Å². The van der Waals surface area contributed by atoms with Crippen LogP contribution in [-0.4, -0.2) is 24.1 Å². The molecule has 0 saturated carbocycles. The summed E-state index contributed by atoms with van der Waals surface area (Å²) in [5.74, 6) is 0.485. The van der Waals surface area contributed by atoms with E-state index in [9.17, 15) is 5.11 Å². The highest BCUT2D eigenvalue weighted by atomic mass is 16.5. The molecular weight excluding hydrogens is 228 g/mol. The number of benzene rings is 1. The van der Waals surface area contributed by atoms with Crippen LogP contribution in [0.3, 0.4) is 0 Å². The fourth-order valence-electron chi connectivity index (χ4n) is 1.51. The Bertz CT molecular complexity index is 370. The van der Waals surface area contributed by atoms with Gasteiger partial charge in [0.25, 0.3) is 0 Å². The third-order valence-corrected chi connectivity index (χ3v) is 2.50. The number of ether oxygens (including phenoxy) is 1. The van der Waals surface area contributed by atoms with Gasteiger partial charge >= 0.3 is 0 Å². The van der Waals surface area contributed by atoms with Crippen molar-refractivity contribution in [3.8, 4) is 0 Å². The van der Waals surface area contributed by atoms with E-state index >= 15 is 0 Å². The summed E-state index contributed by atoms with van der Waals surface area (Å²) in [6.45, 7) is 5.48. The van der Waals surface area contributed by atoms with Gasteiger partial charge in [-0.15, -0.1) is 0 Å². The number of aliphatic hydroxyl groups is 1. The van der Waals surface area contributed by atoms with Crippen molar-refractivity contribution in [2.24, 2.45) is 10.7 Å². The Morgan fingerprint density at radius 2 is 2.06 bits per heavy atom. The topological polar surface area (TPSA) is 67.8 Å². The molecule has 0 heterocycles. The third-order valence-electron chi connectivity index (χ3n) is 2.50. The summed E-state index contributed by atoms with van der Waals surface area (Å²) < 4.78 is 5.45. The van der Waals surface area contributed by atoms with Gasteiger partial charge < -0.3 is 15.6 Å². The molecule has 3 N–H and O–H groups in total. The lowest BCUT2D eigenvalue weighted by Gasteiger charge is -2.09. The lowest BCUT2D eigenvalue weighted by Crippen LogP contribution is -2.09. The van der Waals surface area contributed by atoms with Crippen molar-refractivity contribution in [3.63, 3.8) is 0 Å². The van der Waals surface area contributed by atoms with Crippen molar-refractivity contribution < 1.29 is 9.84 Å². The van der Waals surface area contributed by atoms with Crippen molar-refractivity contribution >= 4 is 5.84 Å². The smallest absolute Gasteiger partial charge is 0.0985 e. The second-order valence-electron chi connectivity index (χ2n) is 4.29. The van der Waals surface area contributed by atoms with Crippen LogP contribution < -0.4 is 5.73 Å². The molecule has 0 aliphatic rings. The zero-order valence-corrected chi connectivity index (χ0v) is 11.1. The largest absolute Gasteiger partial charge is 0.388 e. The first-order valence-corrected chi connectivity index (χ1v) is 6.24. The number of hydrogen-bond donors (Lipinski definition) is 2. The number of amidine groups is 1. The summed E-state index contributed by atoms with van der Waals surface area (Å²) >= 11 is 0. The molecule has 18 heavy (non-hydrogen) atoms. The minimum absolute atomic E-state index is 0.300. The standard InChI is InChI=1S/C14H22N2O2/c1-3-8-18-10-12-4-6-13(7-5-12)14(17)9-16-11(2)15/h4-7,14,17H,3,8-10H2,1-2H3,(H2,15,16). The van der Waals surface area contributed by atoms with E-state index in [1.165, 1.54) is 0 Å². The molecule has 1 rings (SSSR count). The average molecular weight is 250 g/mol. The molecule has 0 aliphatic carbocycles. The van der Waals surface area contributed by atoms with Crippen molar-refractivity contribution in [1.82, 2.24) is 0 Å². The maximum atomic E-state index is 9.88. The van der Waals surface area contributed by atoms with Crippen LogP contribution in [0.1, 0.15) is 37.5 Å². The molecule has 0 aliphatic heterocycles. The highest BCUT2D eigenvalue weighted by molar-refractivity contribution is 5.77. The van der Waals surface area contributed by atoms with E-state index in [0.717, 1.165) is 24.2 Å². The second-order valence-corrected chi connectivity index (χ2v) is 4.29. The van der Waals surface area contributed by atoms with Crippen LogP contribution in [0.4, 0.5) is 0 Å². The van der Waals surface area contributed by atoms with Gasteiger partial charge in [-0.1, -0.05) is 31.2 Å². The molecule has 4 nitrogen and oxygen atoms in total. The van der Waals surface area contributed by atoms with Crippen molar-refractivity contribution in [2.45, 2.75) is 33.0 Å². The zero-order chi connectivity index (χ0) is 13.4. The molecule has 1 unspecified atom stereocenters. The monoisotopic (exact) mass is 250 g/mol. The van der Waals surface area contributed by atoms with E-state index in [1.807, 2.05) is 24.3 Å². The number of nitrogens with two attached hydrogens (primary N) is 1. The molecule has 0 aromatic heterocycles. The van der Waals surface area contributed by atoms with Gasteiger partial charge in [-0.05, 0) is 24.5 Å². The fraction of sp³-hybridized carbons (Fsp3) is 0.500. The van der Waals surface area contributed by atoms with Crippen molar-refractivity contribution in [1.29, 1.82) is 0 Å². The van der Waals surface area contributed by atoms with Crippen molar-refractivity contribution in [3.05, 3.63) is 35.4 Å². The number of aliphatic imine (C=N–C) groups is 1. The molecule has 0 bridgehead atoms. The highest BCUT2D eigenvalue weighted by Gasteiger charge is 2.06. The Morgan fingerprint density at radius 3 is 2.61 bits per heavy atom. The summed E-state index contributed by atoms with van der Waals surface area (Å²) in [6.07, 6.45) is 0.418. The van der Waals surface area contributed by atoms with Gasteiger partial charge in [-0.25, -0.2) is 0 Å². The van der Waals surface area contributed by atoms with E-state index in [-0.39, 0.29) is 0 Å². The lowest BCUT2D eigenvalue weighted by molar-refractivity contribution is 0.121. The van der Waals surface area contributed by atoms with E-state index in [1.54, 1.807) is 6.92 Å². The predicted molar refractivity (Wildman–Crippen MR) is 73.5 cm³/mol. The molecule has 100 valence electrons. The molecular formula is C14H22N2O2. The lowest BCUT2D eigenvalue weighted by atomic mass is 10.1. The zero-order valence-electron chi connectivity index (χ0n) is 11.1. The third kappa shape index (κ3) is 5.29. The molecule has 0 saturated heterocycles. The molecule has 0 fully saturated rings. The fourth-order valence-corrected chi connectivity index (χ4v) is 1.51. The number of hydrogen-bond acceptors (Lipinski definition) is 3. The molecule has 0 amide bonds. The van der Waals surface area contributed by atoms with Gasteiger partial charge in [-0.3, -0.25) is 4.99 Å². The maximum absolute atomic E-state index is 9.88. The normalized spacial score (nSPS) is 13.6. The first-order chi connectivity index (χ1) is 8.63. The quantitative estimate of drug-likeness (QED) is 0.442. The number of aliphatic hydroxyl groups excluding tert-OH is 1. The SMILES string of the molecule is CCCOCc1ccc(C(O)CN=C(C)N)cc1. The van der Waals surface area contributed by atoms with Crippen LogP contribution >= 0.6 is 0 Å². The van der Waals surface area contributed by atoms with E-state index < -0.39 is 6.10 Å². The molecule has 0 radical (unpaired) electrons. The Morgan fingerprint density at radius 1 is 1.39 bits per heavy atom. The molecule has 1 aromatic rings. The Balaban J connectivity index is 2.51. The van der Waals surface area contributed by atoms with Gasteiger partial charge in [0, 0.05) is 6.61 Å². The number of rotatable bonds is 7. The molecule has 1 atom stereocenters. The van der Waals surface area contributed by atoms with Crippen LogP contribution in [0.15, 0.2) is 29.3 Å². The summed E-state index contributed by atoms with van der Waals surface area (Å²) in [6, 6.07) is 7.73. The minimum atomic E-state index is -0.603. The van der Waals surface area contributed by atoms with Crippen LogP contribution in [0.2, 0.25) is 0 Å². The van der Waals surface area contributed by atoms with Crippen LogP contribution in [0.5, 0.6) is 0 Å². The Hall–Kier alpha value is -1.39. The summed E-state index contributed by atoms with van der Waals surface area (Å²) in [4.78, 5) is 4.00. The number of nitrogens with zero attached hydrogens (tertiary/aromatic N) is 1. The summed E-state index contributed by atoms with van der Waals surface area (Å²) in [5.41, 5.74) is 7.39. The van der Waals surface area contributed by atoms with Crippen LogP contribution in [-0.2, 0) is 11.3 Å². The Labute approximate surface area is 108 Å². The minimum Gasteiger partial charge on any atom is -0.388 e. The summed E-state index contributed by atoms with van der Waals surface area (Å²) in [5, 5.41) is 9.88. The van der Waals surface area contributed by atoms with Gasteiger partial charge in [-0.2, -0.15) is 0 Å². The van der Waals surface area contributed by atoms with Gasteiger partial charge in [0.15, 0.2) is 0 Å². The second kappa shape index (κ2) is 7.84. The van der Waals surface area contributed by atoms with E-state index in [0.29, 0.717) is 19.0 Å².